The van der Waals surface area contributed by atoms with Gasteiger partial charge in [-0.3, -0.25) is 14.4 Å². The van der Waals surface area contributed by atoms with Crippen molar-refractivity contribution in [3.8, 4) is 0 Å². The molecule has 1 aliphatic rings. The van der Waals surface area contributed by atoms with Gasteiger partial charge in [-0.25, -0.2) is 0 Å². The molecule has 146 valence electrons. The lowest BCUT2D eigenvalue weighted by molar-refractivity contribution is -0.147. The minimum Gasteiger partial charge on any atom is -0.325 e. The number of carbonyl (C=O) groups is 3. The molecule has 0 atom stereocenters. The molecule has 0 aliphatic carbocycles. The molecule has 1 heterocycles. The SMILES string of the molecule is CCc1ccc(NC(=O)CN2CCN(c3ccc(C)c(C)c3)C(=O)C2=O)cc1. The van der Waals surface area contributed by atoms with Crippen LogP contribution in [0.25, 0.3) is 0 Å². The predicted octanol–water partition coefficient (Wildman–Crippen LogP) is 2.68. The minimum absolute atomic E-state index is 0.138. The number of piperazine rings is 1. The van der Waals surface area contributed by atoms with Gasteiger partial charge >= 0.3 is 11.8 Å². The van der Waals surface area contributed by atoms with Gasteiger partial charge < -0.3 is 15.1 Å². The van der Waals surface area contributed by atoms with Crippen LogP contribution in [0.1, 0.15) is 23.6 Å². The fraction of sp³-hybridized carbons (Fsp3) is 0.318. The second-order valence-corrected chi connectivity index (χ2v) is 7.05. The summed E-state index contributed by atoms with van der Waals surface area (Å²) in [5, 5.41) is 2.77. The van der Waals surface area contributed by atoms with E-state index in [9.17, 15) is 14.4 Å². The fourth-order valence-corrected chi connectivity index (χ4v) is 3.16. The summed E-state index contributed by atoms with van der Waals surface area (Å²) >= 11 is 0. The molecule has 1 N–H and O–H groups in total. The zero-order valence-corrected chi connectivity index (χ0v) is 16.5. The molecule has 6 heteroatoms. The molecule has 1 fully saturated rings. The molecule has 3 amide bonds. The molecular formula is C22H25N3O3. The highest BCUT2D eigenvalue weighted by Gasteiger charge is 2.34. The predicted molar refractivity (Wildman–Crippen MR) is 109 cm³/mol. The van der Waals surface area contributed by atoms with Crippen LogP contribution in [0.5, 0.6) is 0 Å². The minimum atomic E-state index is -0.652. The summed E-state index contributed by atoms with van der Waals surface area (Å²) in [5.74, 6) is -1.57. The maximum absolute atomic E-state index is 12.5. The number of nitrogens with one attached hydrogen (secondary N) is 1. The van der Waals surface area contributed by atoms with Crippen LogP contribution in [0.3, 0.4) is 0 Å². The molecule has 2 aromatic rings. The number of nitrogens with zero attached hydrogens (tertiary/aromatic N) is 2. The van der Waals surface area contributed by atoms with E-state index in [0.717, 1.165) is 17.5 Å². The quantitative estimate of drug-likeness (QED) is 0.812. The smallest absolute Gasteiger partial charge is 0.316 e. The number of anilines is 2. The highest BCUT2D eigenvalue weighted by Crippen LogP contribution is 2.21. The summed E-state index contributed by atoms with van der Waals surface area (Å²) in [6.45, 7) is 6.58. The van der Waals surface area contributed by atoms with Crippen LogP contribution < -0.4 is 10.2 Å². The Morgan fingerprint density at radius 2 is 1.68 bits per heavy atom. The summed E-state index contributed by atoms with van der Waals surface area (Å²) in [6.07, 6.45) is 0.926. The van der Waals surface area contributed by atoms with Crippen LogP contribution in [-0.2, 0) is 20.8 Å². The topological polar surface area (TPSA) is 69.7 Å². The van der Waals surface area contributed by atoms with Gasteiger partial charge in [0.15, 0.2) is 0 Å². The van der Waals surface area contributed by atoms with Gasteiger partial charge in [0.1, 0.15) is 6.54 Å². The van der Waals surface area contributed by atoms with Crippen LogP contribution >= 0.6 is 0 Å². The normalized spacial score (nSPS) is 14.4. The lowest BCUT2D eigenvalue weighted by Gasteiger charge is -2.33. The highest BCUT2D eigenvalue weighted by atomic mass is 16.2. The Balaban J connectivity index is 1.62. The summed E-state index contributed by atoms with van der Waals surface area (Å²) in [5.41, 5.74) is 4.76. The fourth-order valence-electron chi connectivity index (χ4n) is 3.16. The molecule has 6 nitrogen and oxygen atoms in total. The molecule has 0 spiro atoms. The first-order valence-electron chi connectivity index (χ1n) is 9.46. The van der Waals surface area contributed by atoms with Gasteiger partial charge in [0, 0.05) is 24.5 Å². The van der Waals surface area contributed by atoms with Gasteiger partial charge in [0.25, 0.3) is 0 Å². The number of hydrogen-bond donors (Lipinski definition) is 1. The largest absolute Gasteiger partial charge is 0.325 e. The number of benzene rings is 2. The molecule has 0 saturated carbocycles. The van der Waals surface area contributed by atoms with Crippen molar-refractivity contribution in [2.75, 3.05) is 29.9 Å². The van der Waals surface area contributed by atoms with Crippen molar-refractivity contribution in [3.05, 3.63) is 59.2 Å². The third kappa shape index (κ3) is 4.22. The van der Waals surface area contributed by atoms with E-state index >= 15 is 0 Å². The van der Waals surface area contributed by atoms with E-state index in [-0.39, 0.29) is 12.5 Å². The Labute approximate surface area is 165 Å². The van der Waals surface area contributed by atoms with Crippen molar-refractivity contribution in [1.29, 1.82) is 0 Å². The van der Waals surface area contributed by atoms with Crippen molar-refractivity contribution in [2.45, 2.75) is 27.2 Å². The van der Waals surface area contributed by atoms with Gasteiger partial charge in [0.2, 0.25) is 5.91 Å². The average molecular weight is 379 g/mol. The molecule has 0 unspecified atom stereocenters. The van der Waals surface area contributed by atoms with Crippen LogP contribution in [0, 0.1) is 13.8 Å². The van der Waals surface area contributed by atoms with Gasteiger partial charge in [-0.2, -0.15) is 0 Å². The van der Waals surface area contributed by atoms with E-state index in [2.05, 4.69) is 12.2 Å². The number of carbonyl (C=O) groups excluding carboxylic acids is 3. The third-order valence-corrected chi connectivity index (χ3v) is 5.09. The second-order valence-electron chi connectivity index (χ2n) is 7.05. The first-order chi connectivity index (χ1) is 13.4. The summed E-state index contributed by atoms with van der Waals surface area (Å²) in [6, 6.07) is 13.3. The van der Waals surface area contributed by atoms with E-state index in [1.54, 1.807) is 0 Å². The number of aryl methyl sites for hydroxylation is 3. The molecular weight excluding hydrogens is 354 g/mol. The van der Waals surface area contributed by atoms with Gasteiger partial charge in [-0.1, -0.05) is 25.1 Å². The molecule has 0 radical (unpaired) electrons. The van der Waals surface area contributed by atoms with Crippen LogP contribution in [0.4, 0.5) is 11.4 Å². The summed E-state index contributed by atoms with van der Waals surface area (Å²) < 4.78 is 0. The first kappa shape index (κ1) is 19.6. The maximum Gasteiger partial charge on any atom is 0.316 e. The lowest BCUT2D eigenvalue weighted by Crippen LogP contribution is -2.56. The number of hydrogen-bond acceptors (Lipinski definition) is 3. The zero-order valence-electron chi connectivity index (χ0n) is 16.5. The van der Waals surface area contributed by atoms with Crippen molar-refractivity contribution < 1.29 is 14.4 Å². The van der Waals surface area contributed by atoms with E-state index in [1.165, 1.54) is 15.4 Å². The molecule has 2 aromatic carbocycles. The maximum atomic E-state index is 12.5. The monoisotopic (exact) mass is 379 g/mol. The number of rotatable bonds is 5. The van der Waals surface area contributed by atoms with Crippen LogP contribution in [0.15, 0.2) is 42.5 Å². The van der Waals surface area contributed by atoms with Gasteiger partial charge in [-0.05, 0) is 61.2 Å². The van der Waals surface area contributed by atoms with Gasteiger partial charge in [-0.15, -0.1) is 0 Å². The molecule has 3 rings (SSSR count). The number of amides is 3. The Kier molecular flexibility index (Phi) is 5.78. The van der Waals surface area contributed by atoms with Crippen molar-refractivity contribution in [1.82, 2.24) is 4.90 Å². The zero-order chi connectivity index (χ0) is 20.3. The Bertz CT molecular complexity index is 906. The Hall–Kier alpha value is -3.15. The summed E-state index contributed by atoms with van der Waals surface area (Å²) in [7, 11) is 0. The molecule has 0 aromatic heterocycles. The third-order valence-electron chi connectivity index (χ3n) is 5.09. The molecule has 1 saturated heterocycles. The highest BCUT2D eigenvalue weighted by molar-refractivity contribution is 6.41. The van der Waals surface area contributed by atoms with E-state index in [4.69, 9.17) is 0 Å². The second kappa shape index (κ2) is 8.25. The van der Waals surface area contributed by atoms with Crippen molar-refractivity contribution >= 4 is 29.1 Å². The lowest BCUT2D eigenvalue weighted by atomic mass is 10.1. The molecule has 0 bridgehead atoms. The van der Waals surface area contributed by atoms with Crippen LogP contribution in [0.2, 0.25) is 0 Å². The molecule has 1 aliphatic heterocycles. The standard InChI is InChI=1S/C22H25N3O3/c1-4-17-6-8-18(9-7-17)23-20(26)14-24-11-12-25(22(28)21(24)27)19-10-5-15(2)16(3)13-19/h5-10,13H,4,11-12,14H2,1-3H3,(H,23,26). The van der Waals surface area contributed by atoms with Crippen molar-refractivity contribution in [3.63, 3.8) is 0 Å². The van der Waals surface area contributed by atoms with E-state index in [0.29, 0.717) is 24.5 Å². The van der Waals surface area contributed by atoms with E-state index in [1.807, 2.05) is 56.3 Å². The summed E-state index contributed by atoms with van der Waals surface area (Å²) in [4.78, 5) is 40.1. The van der Waals surface area contributed by atoms with Crippen LogP contribution in [-0.4, -0.2) is 42.3 Å². The first-order valence-corrected chi connectivity index (χ1v) is 9.46. The Morgan fingerprint density at radius 3 is 2.32 bits per heavy atom. The average Bonchev–Trinajstić information content (AvgIpc) is 2.68. The van der Waals surface area contributed by atoms with Gasteiger partial charge in [0.05, 0.1) is 0 Å². The van der Waals surface area contributed by atoms with Crippen molar-refractivity contribution in [2.24, 2.45) is 0 Å². The Morgan fingerprint density at radius 1 is 0.964 bits per heavy atom. The van der Waals surface area contributed by atoms with E-state index < -0.39 is 11.8 Å². The molecule has 28 heavy (non-hydrogen) atoms.